The summed E-state index contributed by atoms with van der Waals surface area (Å²) in [4.78, 5) is 27.4. The molecule has 3 rings (SSSR count). The highest BCUT2D eigenvalue weighted by Gasteiger charge is 2.25. The first-order valence-corrected chi connectivity index (χ1v) is 9.78. The molecule has 0 saturated carbocycles. The molecule has 152 valence electrons. The summed E-state index contributed by atoms with van der Waals surface area (Å²) in [5.41, 5.74) is 2.40. The van der Waals surface area contributed by atoms with Gasteiger partial charge in [0.15, 0.2) is 0 Å². The van der Waals surface area contributed by atoms with E-state index in [0.717, 1.165) is 49.5 Å². The number of likely N-dealkylation sites (N-methyl/N-ethyl adjacent to an activating group) is 1. The van der Waals surface area contributed by atoms with Gasteiger partial charge in [0, 0.05) is 37.1 Å². The van der Waals surface area contributed by atoms with Crippen LogP contribution in [0.2, 0.25) is 0 Å². The molecule has 0 radical (unpaired) electrons. The second-order valence-electron chi connectivity index (χ2n) is 7.11. The number of nitrogens with zero attached hydrogens (tertiary/aromatic N) is 2. The van der Waals surface area contributed by atoms with Gasteiger partial charge in [-0.25, -0.2) is 0 Å². The van der Waals surface area contributed by atoms with Gasteiger partial charge in [0.1, 0.15) is 5.75 Å². The molecule has 1 saturated heterocycles. The number of ether oxygens (including phenoxy) is 1. The van der Waals surface area contributed by atoms with E-state index in [9.17, 15) is 9.59 Å². The average molecular weight is 393 g/mol. The first-order chi connectivity index (χ1) is 14.1. The van der Waals surface area contributed by atoms with Crippen LogP contribution in [-0.4, -0.2) is 50.0 Å². The van der Waals surface area contributed by atoms with Gasteiger partial charge < -0.3 is 19.9 Å². The third kappa shape index (κ3) is 5.38. The number of hydrogen-bond donors (Lipinski definition) is 1. The van der Waals surface area contributed by atoms with Crippen LogP contribution in [0, 0.1) is 0 Å². The van der Waals surface area contributed by atoms with Crippen molar-refractivity contribution >= 4 is 23.7 Å². The molecule has 1 N–H and O–H groups in total. The molecule has 6 heteroatoms. The topological polar surface area (TPSA) is 61.9 Å². The van der Waals surface area contributed by atoms with Crippen molar-refractivity contribution < 1.29 is 14.3 Å². The second kappa shape index (κ2) is 9.78. The Morgan fingerprint density at radius 2 is 1.97 bits per heavy atom. The van der Waals surface area contributed by atoms with Gasteiger partial charge in [0.2, 0.25) is 6.41 Å². The molecule has 2 amide bonds. The van der Waals surface area contributed by atoms with Gasteiger partial charge in [0.25, 0.3) is 5.91 Å². The minimum Gasteiger partial charge on any atom is -0.493 e. The number of hydrogen-bond acceptors (Lipinski definition) is 4. The van der Waals surface area contributed by atoms with Crippen molar-refractivity contribution in [3.8, 4) is 5.75 Å². The summed E-state index contributed by atoms with van der Waals surface area (Å²) in [7, 11) is 1.82. The fourth-order valence-corrected chi connectivity index (χ4v) is 3.32. The minimum atomic E-state index is -0.163. The summed E-state index contributed by atoms with van der Waals surface area (Å²) in [6, 6.07) is 15.1. The van der Waals surface area contributed by atoms with E-state index in [-0.39, 0.29) is 11.9 Å². The number of rotatable bonds is 9. The van der Waals surface area contributed by atoms with E-state index in [2.05, 4.69) is 16.8 Å². The number of benzene rings is 2. The normalized spacial score (nSPS) is 15.6. The Hall–Kier alpha value is -3.28. The number of carbonyl (C=O) groups excluding carboxylic acids is 2. The zero-order valence-electron chi connectivity index (χ0n) is 16.7. The Morgan fingerprint density at radius 1 is 1.24 bits per heavy atom. The summed E-state index contributed by atoms with van der Waals surface area (Å²) in [5.74, 6) is 0.570. The Kier molecular flexibility index (Phi) is 6.89. The van der Waals surface area contributed by atoms with Gasteiger partial charge in [0.05, 0.1) is 12.6 Å². The molecule has 1 aliphatic rings. The van der Waals surface area contributed by atoms with Crippen molar-refractivity contribution in [2.75, 3.05) is 37.0 Å². The van der Waals surface area contributed by atoms with Crippen LogP contribution in [0.15, 0.2) is 61.2 Å². The lowest BCUT2D eigenvalue weighted by Crippen LogP contribution is -2.33. The van der Waals surface area contributed by atoms with Crippen LogP contribution in [0.4, 0.5) is 11.4 Å². The first kappa shape index (κ1) is 20.5. The van der Waals surface area contributed by atoms with E-state index in [1.807, 2.05) is 31.3 Å². The van der Waals surface area contributed by atoms with Gasteiger partial charge in [-0.2, -0.15) is 0 Å². The van der Waals surface area contributed by atoms with Crippen molar-refractivity contribution in [3.05, 3.63) is 66.7 Å². The SMILES string of the molecule is C=CCCOc1ccc(C(=O)Nc2ccc(N3CCC(N(C)C=O)C3)cc2)cc1. The quantitative estimate of drug-likeness (QED) is 0.402. The predicted octanol–water partition coefficient (Wildman–Crippen LogP) is 3.56. The largest absolute Gasteiger partial charge is 0.493 e. The van der Waals surface area contributed by atoms with Crippen molar-refractivity contribution in [1.29, 1.82) is 0 Å². The third-order valence-corrected chi connectivity index (χ3v) is 5.10. The van der Waals surface area contributed by atoms with E-state index in [1.54, 1.807) is 35.2 Å². The van der Waals surface area contributed by atoms with Crippen molar-refractivity contribution in [2.45, 2.75) is 18.9 Å². The molecule has 1 atom stereocenters. The van der Waals surface area contributed by atoms with E-state index in [0.29, 0.717) is 12.2 Å². The molecular formula is C23H27N3O3. The standard InChI is InChI=1S/C23H27N3O3/c1-3-4-15-29-22-11-5-18(6-12-22)23(28)24-19-7-9-20(10-8-19)26-14-13-21(16-26)25(2)17-27/h3,5-12,17,21H,1,4,13-16H2,2H3,(H,24,28). The molecule has 2 aromatic rings. The lowest BCUT2D eigenvalue weighted by molar-refractivity contribution is -0.118. The Labute approximate surface area is 171 Å². The maximum absolute atomic E-state index is 12.5. The van der Waals surface area contributed by atoms with Crippen LogP contribution in [0.1, 0.15) is 23.2 Å². The Balaban J connectivity index is 1.55. The number of anilines is 2. The summed E-state index contributed by atoms with van der Waals surface area (Å²) in [5, 5.41) is 2.92. The molecule has 0 spiro atoms. The van der Waals surface area contributed by atoms with Crippen LogP contribution in [0.5, 0.6) is 5.75 Å². The summed E-state index contributed by atoms with van der Waals surface area (Å²) in [6.45, 7) is 5.97. The van der Waals surface area contributed by atoms with Crippen LogP contribution in [-0.2, 0) is 4.79 Å². The maximum atomic E-state index is 12.5. The number of amides is 2. The van der Waals surface area contributed by atoms with Gasteiger partial charge in [-0.15, -0.1) is 6.58 Å². The molecule has 29 heavy (non-hydrogen) atoms. The molecule has 2 aromatic carbocycles. The molecule has 1 heterocycles. The maximum Gasteiger partial charge on any atom is 0.255 e. The molecule has 6 nitrogen and oxygen atoms in total. The van der Waals surface area contributed by atoms with Crippen molar-refractivity contribution in [2.24, 2.45) is 0 Å². The van der Waals surface area contributed by atoms with Crippen LogP contribution in [0.3, 0.4) is 0 Å². The molecule has 0 aliphatic carbocycles. The Morgan fingerprint density at radius 3 is 2.62 bits per heavy atom. The third-order valence-electron chi connectivity index (χ3n) is 5.10. The molecule has 1 aliphatic heterocycles. The first-order valence-electron chi connectivity index (χ1n) is 9.78. The Bertz CT molecular complexity index is 833. The van der Waals surface area contributed by atoms with Crippen LogP contribution >= 0.6 is 0 Å². The van der Waals surface area contributed by atoms with E-state index in [1.165, 1.54) is 0 Å². The van der Waals surface area contributed by atoms with E-state index in [4.69, 9.17) is 4.74 Å². The van der Waals surface area contributed by atoms with Crippen LogP contribution < -0.4 is 15.0 Å². The van der Waals surface area contributed by atoms with Crippen molar-refractivity contribution in [1.82, 2.24) is 4.90 Å². The van der Waals surface area contributed by atoms with E-state index >= 15 is 0 Å². The number of carbonyl (C=O) groups is 2. The zero-order chi connectivity index (χ0) is 20.6. The van der Waals surface area contributed by atoms with Crippen molar-refractivity contribution in [3.63, 3.8) is 0 Å². The van der Waals surface area contributed by atoms with Crippen LogP contribution in [0.25, 0.3) is 0 Å². The zero-order valence-corrected chi connectivity index (χ0v) is 16.7. The lowest BCUT2D eigenvalue weighted by Gasteiger charge is -2.22. The smallest absolute Gasteiger partial charge is 0.255 e. The second-order valence-corrected chi connectivity index (χ2v) is 7.11. The summed E-state index contributed by atoms with van der Waals surface area (Å²) < 4.78 is 5.56. The highest BCUT2D eigenvalue weighted by molar-refractivity contribution is 6.04. The van der Waals surface area contributed by atoms with Gasteiger partial charge in [-0.1, -0.05) is 6.08 Å². The summed E-state index contributed by atoms with van der Waals surface area (Å²) in [6.07, 6.45) is 4.43. The number of nitrogens with one attached hydrogen (secondary N) is 1. The molecular weight excluding hydrogens is 366 g/mol. The molecule has 0 aromatic heterocycles. The highest BCUT2D eigenvalue weighted by Crippen LogP contribution is 2.24. The van der Waals surface area contributed by atoms with Gasteiger partial charge >= 0.3 is 0 Å². The minimum absolute atomic E-state index is 0.163. The van der Waals surface area contributed by atoms with Gasteiger partial charge in [-0.3, -0.25) is 9.59 Å². The average Bonchev–Trinajstić information content (AvgIpc) is 3.24. The predicted molar refractivity (Wildman–Crippen MR) is 116 cm³/mol. The lowest BCUT2D eigenvalue weighted by atomic mass is 10.2. The van der Waals surface area contributed by atoms with Gasteiger partial charge in [-0.05, 0) is 61.4 Å². The fraction of sp³-hybridized carbons (Fsp3) is 0.304. The molecule has 1 fully saturated rings. The highest BCUT2D eigenvalue weighted by atomic mass is 16.5. The molecule has 1 unspecified atom stereocenters. The molecule has 0 bridgehead atoms. The van der Waals surface area contributed by atoms with E-state index < -0.39 is 0 Å². The monoisotopic (exact) mass is 393 g/mol. The fourth-order valence-electron chi connectivity index (χ4n) is 3.32. The summed E-state index contributed by atoms with van der Waals surface area (Å²) >= 11 is 0.